The number of anilines is 1. The molecule has 4 rings (SSSR count). The molecule has 2 N–H and O–H groups in total. The van der Waals surface area contributed by atoms with Gasteiger partial charge in [-0.1, -0.05) is 36.0 Å². The Hall–Kier alpha value is -1.84. The quantitative estimate of drug-likeness (QED) is 0.777. The zero-order chi connectivity index (χ0) is 17.4. The molecule has 2 bridgehead atoms. The van der Waals surface area contributed by atoms with Gasteiger partial charge in [-0.2, -0.15) is 0 Å². The molecule has 3 atom stereocenters. The highest BCUT2D eigenvalue weighted by Crippen LogP contribution is 2.44. The second kappa shape index (κ2) is 6.47. The third-order valence-corrected chi connectivity index (χ3v) is 7.63. The highest BCUT2D eigenvalue weighted by atomic mass is 32.2. The first-order valence-corrected chi connectivity index (χ1v) is 10.5. The first-order chi connectivity index (χ1) is 12.0. The normalized spacial score (nSPS) is 25.2. The Bertz CT molecular complexity index is 882. The maximum atomic E-state index is 12.5. The lowest BCUT2D eigenvalue weighted by Gasteiger charge is -2.21. The molecule has 7 nitrogen and oxygen atoms in total. The number of rotatable bonds is 5. The number of amides is 1. The van der Waals surface area contributed by atoms with E-state index in [1.807, 2.05) is 6.07 Å². The van der Waals surface area contributed by atoms with E-state index in [1.165, 1.54) is 6.42 Å². The lowest BCUT2D eigenvalue weighted by molar-refractivity contribution is 0.102. The van der Waals surface area contributed by atoms with Gasteiger partial charge in [0.25, 0.3) is 15.9 Å². The van der Waals surface area contributed by atoms with Gasteiger partial charge < -0.3 is 0 Å². The average molecular weight is 378 g/mol. The van der Waals surface area contributed by atoms with Crippen molar-refractivity contribution in [3.05, 3.63) is 35.9 Å². The third kappa shape index (κ3) is 3.44. The van der Waals surface area contributed by atoms with Crippen molar-refractivity contribution in [3.8, 4) is 0 Å². The first-order valence-electron chi connectivity index (χ1n) is 8.23. The molecule has 2 aliphatic carbocycles. The van der Waals surface area contributed by atoms with Crippen molar-refractivity contribution in [2.24, 2.45) is 11.8 Å². The first kappa shape index (κ1) is 16.6. The van der Waals surface area contributed by atoms with E-state index in [4.69, 9.17) is 0 Å². The van der Waals surface area contributed by atoms with Crippen molar-refractivity contribution in [1.29, 1.82) is 0 Å². The number of benzene rings is 1. The fourth-order valence-electron chi connectivity index (χ4n) is 3.77. The van der Waals surface area contributed by atoms with Gasteiger partial charge in [-0.05, 0) is 43.2 Å². The van der Waals surface area contributed by atoms with Gasteiger partial charge in [-0.3, -0.25) is 10.1 Å². The van der Waals surface area contributed by atoms with Crippen LogP contribution in [0.2, 0.25) is 0 Å². The number of carbonyl (C=O) groups is 1. The number of carbonyl (C=O) groups excluding carboxylic acids is 1. The van der Waals surface area contributed by atoms with Crippen LogP contribution in [0.4, 0.5) is 5.13 Å². The molecule has 132 valence electrons. The Morgan fingerprint density at radius 2 is 1.92 bits per heavy atom. The zero-order valence-corrected chi connectivity index (χ0v) is 15.0. The number of aromatic nitrogens is 2. The number of fused-ring (bicyclic) bond motifs is 2. The Kier molecular flexibility index (Phi) is 4.30. The minimum absolute atomic E-state index is 0.00462. The van der Waals surface area contributed by atoms with Gasteiger partial charge in [0.2, 0.25) is 9.47 Å². The molecule has 0 aliphatic heterocycles. The Labute approximate surface area is 149 Å². The minimum Gasteiger partial charge on any atom is -0.296 e. The molecule has 1 aromatic carbocycles. The van der Waals surface area contributed by atoms with E-state index in [0.29, 0.717) is 17.4 Å². The summed E-state index contributed by atoms with van der Waals surface area (Å²) in [7, 11) is -3.70. The smallest absolute Gasteiger partial charge is 0.270 e. The van der Waals surface area contributed by atoms with Gasteiger partial charge in [0, 0.05) is 11.6 Å². The summed E-state index contributed by atoms with van der Waals surface area (Å²) in [5, 5.41) is 10.3. The largest absolute Gasteiger partial charge is 0.296 e. The van der Waals surface area contributed by atoms with Gasteiger partial charge in [-0.15, -0.1) is 10.2 Å². The van der Waals surface area contributed by atoms with Crippen molar-refractivity contribution in [2.45, 2.75) is 36.1 Å². The fourth-order valence-corrected chi connectivity index (χ4v) is 6.00. The number of nitrogens with one attached hydrogen (secondary N) is 2. The molecule has 0 saturated heterocycles. The van der Waals surface area contributed by atoms with Crippen LogP contribution in [-0.4, -0.2) is 30.6 Å². The van der Waals surface area contributed by atoms with Crippen LogP contribution in [0.1, 0.15) is 36.0 Å². The molecule has 0 radical (unpaired) electrons. The van der Waals surface area contributed by atoms with Crippen LogP contribution in [0.5, 0.6) is 0 Å². The van der Waals surface area contributed by atoms with Gasteiger partial charge in [0.05, 0.1) is 0 Å². The molecular formula is C16H18N4O3S2. The van der Waals surface area contributed by atoms with Gasteiger partial charge in [-0.25, -0.2) is 13.1 Å². The van der Waals surface area contributed by atoms with Crippen LogP contribution in [0.25, 0.3) is 0 Å². The summed E-state index contributed by atoms with van der Waals surface area (Å²) in [5.41, 5.74) is 0.474. The van der Waals surface area contributed by atoms with E-state index >= 15 is 0 Å². The highest BCUT2D eigenvalue weighted by molar-refractivity contribution is 7.91. The predicted molar refractivity (Wildman–Crippen MR) is 93.9 cm³/mol. The summed E-state index contributed by atoms with van der Waals surface area (Å²) < 4.78 is 27.7. The van der Waals surface area contributed by atoms with Crippen molar-refractivity contribution in [2.75, 3.05) is 5.32 Å². The van der Waals surface area contributed by atoms with Crippen molar-refractivity contribution in [3.63, 3.8) is 0 Å². The molecule has 0 unspecified atom stereocenters. The van der Waals surface area contributed by atoms with Gasteiger partial charge in [0.1, 0.15) is 0 Å². The molecule has 1 heterocycles. The van der Waals surface area contributed by atoms with Gasteiger partial charge in [0.15, 0.2) is 0 Å². The number of nitrogens with zero attached hydrogens (tertiary/aromatic N) is 2. The van der Waals surface area contributed by atoms with E-state index in [0.717, 1.165) is 30.6 Å². The third-order valence-electron chi connectivity index (χ3n) is 4.94. The SMILES string of the molecule is O=C(Nc1nnc(S(=O)(=O)N[C@H]2C[C@@H]3CC[C@@H]2C3)s1)c1ccccc1. The summed E-state index contributed by atoms with van der Waals surface area (Å²) >= 11 is 0.862. The van der Waals surface area contributed by atoms with Crippen molar-refractivity contribution in [1.82, 2.24) is 14.9 Å². The summed E-state index contributed by atoms with van der Waals surface area (Å²) in [4.78, 5) is 12.1. The summed E-state index contributed by atoms with van der Waals surface area (Å²) in [6.07, 6.45) is 4.31. The molecule has 2 aliphatic rings. The van der Waals surface area contributed by atoms with Crippen LogP contribution < -0.4 is 10.0 Å². The second-order valence-corrected chi connectivity index (χ2v) is 9.46. The van der Waals surface area contributed by atoms with E-state index in [1.54, 1.807) is 24.3 Å². The average Bonchev–Trinajstić information content (AvgIpc) is 3.32. The lowest BCUT2D eigenvalue weighted by atomic mass is 9.96. The maximum absolute atomic E-state index is 12.5. The van der Waals surface area contributed by atoms with Gasteiger partial charge >= 0.3 is 0 Å². The highest BCUT2D eigenvalue weighted by Gasteiger charge is 2.41. The fraction of sp³-hybridized carbons (Fsp3) is 0.438. The Morgan fingerprint density at radius 1 is 1.12 bits per heavy atom. The molecule has 2 aromatic rings. The maximum Gasteiger partial charge on any atom is 0.270 e. The molecule has 1 amide bonds. The Morgan fingerprint density at radius 3 is 2.60 bits per heavy atom. The zero-order valence-electron chi connectivity index (χ0n) is 13.4. The summed E-state index contributed by atoms with van der Waals surface area (Å²) in [6, 6.07) is 8.66. The standard InChI is InChI=1S/C16H18N4O3S2/c21-14(11-4-2-1-3-5-11)17-15-18-19-16(24-15)25(22,23)20-13-9-10-6-7-12(13)8-10/h1-5,10,12-13,20H,6-9H2,(H,17,18,21)/t10-,12-,13+/m1/s1. The Balaban J connectivity index is 1.44. The lowest BCUT2D eigenvalue weighted by Crippen LogP contribution is -2.38. The van der Waals surface area contributed by atoms with E-state index in [2.05, 4.69) is 20.2 Å². The van der Waals surface area contributed by atoms with Crippen molar-refractivity contribution < 1.29 is 13.2 Å². The summed E-state index contributed by atoms with van der Waals surface area (Å²) in [6.45, 7) is 0. The van der Waals surface area contributed by atoms with Crippen LogP contribution in [0.3, 0.4) is 0 Å². The number of sulfonamides is 1. The van der Waals surface area contributed by atoms with Crippen LogP contribution in [-0.2, 0) is 10.0 Å². The van der Waals surface area contributed by atoms with Crippen LogP contribution in [0.15, 0.2) is 34.7 Å². The molecule has 9 heteroatoms. The van der Waals surface area contributed by atoms with E-state index in [9.17, 15) is 13.2 Å². The van der Waals surface area contributed by atoms with Crippen LogP contribution in [0, 0.1) is 11.8 Å². The van der Waals surface area contributed by atoms with E-state index in [-0.39, 0.29) is 21.4 Å². The molecule has 25 heavy (non-hydrogen) atoms. The topological polar surface area (TPSA) is 101 Å². The number of hydrogen-bond donors (Lipinski definition) is 2. The molecule has 2 fully saturated rings. The molecule has 1 aromatic heterocycles. The van der Waals surface area contributed by atoms with Crippen LogP contribution >= 0.6 is 11.3 Å². The summed E-state index contributed by atoms with van der Waals surface area (Å²) in [5.74, 6) is 0.736. The monoisotopic (exact) mass is 378 g/mol. The molecule has 0 spiro atoms. The second-order valence-electron chi connectivity index (χ2n) is 6.60. The molecule has 2 saturated carbocycles. The van der Waals surface area contributed by atoms with E-state index < -0.39 is 10.0 Å². The minimum atomic E-state index is -3.70. The number of hydrogen-bond acceptors (Lipinski definition) is 6. The predicted octanol–water partition coefficient (Wildman–Crippen LogP) is 2.26. The van der Waals surface area contributed by atoms with Crippen molar-refractivity contribution >= 4 is 32.4 Å². The molecular weight excluding hydrogens is 360 g/mol.